The zero-order valence-corrected chi connectivity index (χ0v) is 13.3. The van der Waals surface area contributed by atoms with Gasteiger partial charge in [0.05, 0.1) is 6.61 Å². The molecule has 0 bridgehead atoms. The highest BCUT2D eigenvalue weighted by Gasteiger charge is 2.21. The summed E-state index contributed by atoms with van der Waals surface area (Å²) in [6.07, 6.45) is 0. The van der Waals surface area contributed by atoms with E-state index in [-0.39, 0.29) is 5.82 Å². The molecule has 0 aromatic heterocycles. The lowest BCUT2D eigenvalue weighted by molar-refractivity contribution is 0.344. The van der Waals surface area contributed by atoms with Crippen molar-refractivity contribution in [2.24, 2.45) is 5.92 Å². The van der Waals surface area contributed by atoms with E-state index in [4.69, 9.17) is 20.9 Å². The molecular weight excluding hydrogens is 290 g/mol. The SMILES string of the molecule is CCOP(=S)(Oc1ccc(F)cc1)SCC(C)C. The topological polar surface area (TPSA) is 18.5 Å². The van der Waals surface area contributed by atoms with Crippen molar-refractivity contribution in [3.63, 3.8) is 0 Å². The molecule has 0 aliphatic rings. The zero-order valence-electron chi connectivity index (χ0n) is 10.8. The van der Waals surface area contributed by atoms with Gasteiger partial charge in [-0.25, -0.2) is 4.39 Å². The first-order chi connectivity index (χ1) is 8.45. The predicted octanol–water partition coefficient (Wildman–Crippen LogP) is 4.85. The largest absolute Gasteiger partial charge is 0.436 e. The van der Waals surface area contributed by atoms with E-state index in [1.807, 2.05) is 6.92 Å². The van der Waals surface area contributed by atoms with Crippen LogP contribution in [0.25, 0.3) is 0 Å². The number of halogens is 1. The van der Waals surface area contributed by atoms with Gasteiger partial charge in [0.2, 0.25) is 0 Å². The van der Waals surface area contributed by atoms with Crippen molar-refractivity contribution in [3.8, 4) is 5.75 Å². The Kier molecular flexibility index (Phi) is 6.64. The van der Waals surface area contributed by atoms with Crippen molar-refractivity contribution in [2.75, 3.05) is 12.4 Å². The van der Waals surface area contributed by atoms with Crippen LogP contribution in [0.2, 0.25) is 0 Å². The summed E-state index contributed by atoms with van der Waals surface area (Å²) in [5, 5.41) is 0. The van der Waals surface area contributed by atoms with Gasteiger partial charge in [-0.2, -0.15) is 0 Å². The van der Waals surface area contributed by atoms with E-state index < -0.39 is 5.69 Å². The summed E-state index contributed by atoms with van der Waals surface area (Å²) in [6, 6.07) is 5.86. The summed E-state index contributed by atoms with van der Waals surface area (Å²) in [6.45, 7) is 6.65. The molecule has 18 heavy (non-hydrogen) atoms. The predicted molar refractivity (Wildman–Crippen MR) is 80.2 cm³/mol. The van der Waals surface area contributed by atoms with Crippen LogP contribution in [0.5, 0.6) is 5.75 Å². The highest BCUT2D eigenvalue weighted by Crippen LogP contribution is 2.60. The van der Waals surface area contributed by atoms with Crippen LogP contribution in [0.4, 0.5) is 4.39 Å². The van der Waals surface area contributed by atoms with Crippen LogP contribution in [0.3, 0.4) is 0 Å². The van der Waals surface area contributed by atoms with Crippen molar-refractivity contribution >= 4 is 28.9 Å². The molecule has 6 heteroatoms. The molecule has 1 atom stereocenters. The molecule has 102 valence electrons. The first-order valence-corrected chi connectivity index (χ1v) is 10.0. The van der Waals surface area contributed by atoms with E-state index in [2.05, 4.69) is 13.8 Å². The van der Waals surface area contributed by atoms with Crippen LogP contribution in [-0.4, -0.2) is 12.4 Å². The molecule has 1 aromatic carbocycles. The van der Waals surface area contributed by atoms with E-state index in [9.17, 15) is 4.39 Å². The monoisotopic (exact) mass is 308 g/mol. The van der Waals surface area contributed by atoms with Gasteiger partial charge in [0, 0.05) is 5.75 Å². The Bertz CT molecular complexity index is 409. The Hall–Kier alpha value is -0.0900. The van der Waals surface area contributed by atoms with Crippen LogP contribution in [0.1, 0.15) is 20.8 Å². The summed E-state index contributed by atoms with van der Waals surface area (Å²) in [5.74, 6) is 1.68. The molecule has 0 saturated carbocycles. The third kappa shape index (κ3) is 5.70. The van der Waals surface area contributed by atoms with Crippen molar-refractivity contribution < 1.29 is 13.4 Å². The minimum Gasteiger partial charge on any atom is -0.436 e. The molecule has 1 rings (SSSR count). The molecule has 0 spiro atoms. The molecule has 0 N–H and O–H groups in total. The standard InChI is InChI=1S/C12H18FO2PS2/c1-4-14-16(17,18-9-10(2)3)15-12-7-5-11(13)6-8-12/h5-8,10H,4,9H2,1-3H3. The summed E-state index contributed by atoms with van der Waals surface area (Å²) in [4.78, 5) is 0. The van der Waals surface area contributed by atoms with Crippen molar-refractivity contribution in [1.29, 1.82) is 0 Å². The van der Waals surface area contributed by atoms with Gasteiger partial charge in [0.25, 0.3) is 5.69 Å². The van der Waals surface area contributed by atoms with E-state index in [0.717, 1.165) is 5.75 Å². The Balaban J connectivity index is 2.72. The van der Waals surface area contributed by atoms with Gasteiger partial charge in [0.1, 0.15) is 11.6 Å². The quantitative estimate of drug-likeness (QED) is 0.670. The van der Waals surface area contributed by atoms with Gasteiger partial charge in [0.15, 0.2) is 0 Å². The van der Waals surface area contributed by atoms with Gasteiger partial charge in [-0.15, -0.1) is 0 Å². The second kappa shape index (κ2) is 7.49. The molecule has 0 aliphatic heterocycles. The number of hydrogen-bond donors (Lipinski definition) is 0. The normalized spacial score (nSPS) is 14.5. The molecule has 0 amide bonds. The fourth-order valence-electron chi connectivity index (χ4n) is 1.11. The molecule has 0 saturated heterocycles. The van der Waals surface area contributed by atoms with Crippen LogP contribution < -0.4 is 4.52 Å². The first-order valence-electron chi connectivity index (χ1n) is 5.79. The smallest absolute Gasteiger partial charge is 0.297 e. The second-order valence-corrected chi connectivity index (χ2v) is 10.4. The van der Waals surface area contributed by atoms with E-state index in [0.29, 0.717) is 18.3 Å². The van der Waals surface area contributed by atoms with Gasteiger partial charge in [-0.1, -0.05) is 25.2 Å². The Morgan fingerprint density at radius 3 is 2.44 bits per heavy atom. The number of benzene rings is 1. The highest BCUT2D eigenvalue weighted by atomic mass is 32.9. The highest BCUT2D eigenvalue weighted by molar-refractivity contribution is 8.68. The van der Waals surface area contributed by atoms with Crippen molar-refractivity contribution in [2.45, 2.75) is 20.8 Å². The zero-order chi connectivity index (χ0) is 13.6. The molecule has 1 aromatic rings. The molecule has 0 heterocycles. The van der Waals surface area contributed by atoms with Crippen molar-refractivity contribution in [1.82, 2.24) is 0 Å². The maximum absolute atomic E-state index is 12.8. The molecule has 1 unspecified atom stereocenters. The van der Waals surface area contributed by atoms with E-state index >= 15 is 0 Å². The summed E-state index contributed by atoms with van der Waals surface area (Å²) in [5.41, 5.74) is -2.38. The maximum atomic E-state index is 12.8. The number of rotatable bonds is 7. The van der Waals surface area contributed by atoms with Crippen molar-refractivity contribution in [3.05, 3.63) is 30.1 Å². The fourth-order valence-corrected chi connectivity index (χ4v) is 5.99. The van der Waals surface area contributed by atoms with Crippen LogP contribution >= 0.6 is 17.1 Å². The first kappa shape index (κ1) is 16.0. The van der Waals surface area contributed by atoms with Crippen LogP contribution in [0.15, 0.2) is 24.3 Å². The van der Waals surface area contributed by atoms with Gasteiger partial charge >= 0.3 is 0 Å². The summed E-state index contributed by atoms with van der Waals surface area (Å²) < 4.78 is 24.1. The summed E-state index contributed by atoms with van der Waals surface area (Å²) >= 11 is 7.01. The van der Waals surface area contributed by atoms with Gasteiger partial charge in [-0.3, -0.25) is 0 Å². The Morgan fingerprint density at radius 1 is 1.33 bits per heavy atom. The Labute approximate surface area is 117 Å². The minimum atomic E-state index is -2.38. The minimum absolute atomic E-state index is 0.290. The molecule has 0 fully saturated rings. The average Bonchev–Trinajstić information content (AvgIpc) is 2.30. The van der Waals surface area contributed by atoms with Gasteiger partial charge < -0.3 is 9.05 Å². The third-order valence-corrected chi connectivity index (χ3v) is 7.45. The average molecular weight is 308 g/mol. The van der Waals surface area contributed by atoms with Gasteiger partial charge in [-0.05, 0) is 48.9 Å². The molecule has 0 aliphatic carbocycles. The van der Waals surface area contributed by atoms with Crippen LogP contribution in [-0.2, 0) is 16.3 Å². The fraction of sp³-hybridized carbons (Fsp3) is 0.500. The number of hydrogen-bond acceptors (Lipinski definition) is 4. The molecule has 2 nitrogen and oxygen atoms in total. The Morgan fingerprint density at radius 2 is 1.94 bits per heavy atom. The third-order valence-electron chi connectivity index (χ3n) is 1.88. The second-order valence-electron chi connectivity index (χ2n) is 4.10. The molecule has 0 radical (unpaired) electrons. The van der Waals surface area contributed by atoms with E-state index in [1.54, 1.807) is 23.5 Å². The molecular formula is C12H18FO2PS2. The lowest BCUT2D eigenvalue weighted by atomic mass is 10.3. The lowest BCUT2D eigenvalue weighted by Gasteiger charge is -2.22. The van der Waals surface area contributed by atoms with Crippen LogP contribution in [0, 0.1) is 11.7 Å². The summed E-state index contributed by atoms with van der Waals surface area (Å²) in [7, 11) is 0. The lowest BCUT2D eigenvalue weighted by Crippen LogP contribution is -1.98. The maximum Gasteiger partial charge on any atom is 0.297 e. The van der Waals surface area contributed by atoms with E-state index in [1.165, 1.54) is 12.1 Å².